The van der Waals surface area contributed by atoms with Crippen LogP contribution >= 0.6 is 11.6 Å². The van der Waals surface area contributed by atoms with Gasteiger partial charge in [-0.25, -0.2) is 9.18 Å². The van der Waals surface area contributed by atoms with Crippen molar-refractivity contribution in [1.29, 1.82) is 0 Å². The molecular weight excluding hydrogens is 469 g/mol. The molecule has 1 heterocycles. The molecule has 0 spiro atoms. The predicted octanol–water partition coefficient (Wildman–Crippen LogP) is 5.80. The van der Waals surface area contributed by atoms with E-state index in [0.29, 0.717) is 44.4 Å². The maximum atomic E-state index is 13.5. The lowest BCUT2D eigenvalue weighted by molar-refractivity contribution is -0.136. The SMILES string of the molecule is COC(=O)C1=C(C)NC2=C(C(=O)c3ccccc32)[C@@H]1c1ccc(OCc2ccc(F)cc2)c(Cl)c1. The number of hydrogen-bond acceptors (Lipinski definition) is 5. The van der Waals surface area contributed by atoms with E-state index in [9.17, 15) is 14.0 Å². The number of nitrogens with one attached hydrogen (secondary N) is 1. The number of allylic oxidation sites excluding steroid dienone is 2. The number of dihydropyridines is 1. The Bertz CT molecular complexity index is 1430. The van der Waals surface area contributed by atoms with Gasteiger partial charge in [-0.05, 0) is 42.3 Å². The Morgan fingerprint density at radius 3 is 2.46 bits per heavy atom. The number of methoxy groups -OCH3 is 1. The van der Waals surface area contributed by atoms with Crippen LogP contribution in [-0.4, -0.2) is 18.9 Å². The van der Waals surface area contributed by atoms with Crippen molar-refractivity contribution < 1.29 is 23.5 Å². The maximum Gasteiger partial charge on any atom is 0.336 e. The van der Waals surface area contributed by atoms with Crippen LogP contribution in [0.2, 0.25) is 5.02 Å². The molecule has 1 atom stereocenters. The first-order valence-electron chi connectivity index (χ1n) is 11.0. The molecule has 35 heavy (non-hydrogen) atoms. The number of benzene rings is 3. The summed E-state index contributed by atoms with van der Waals surface area (Å²) in [7, 11) is 1.31. The molecule has 0 bridgehead atoms. The van der Waals surface area contributed by atoms with Crippen LogP contribution in [0, 0.1) is 5.82 Å². The van der Waals surface area contributed by atoms with Crippen LogP contribution < -0.4 is 10.1 Å². The van der Waals surface area contributed by atoms with Crippen LogP contribution in [0.1, 0.15) is 39.9 Å². The zero-order valence-corrected chi connectivity index (χ0v) is 19.8. The highest BCUT2D eigenvalue weighted by Gasteiger charge is 2.42. The predicted molar refractivity (Wildman–Crippen MR) is 130 cm³/mol. The Hall–Kier alpha value is -3.90. The zero-order chi connectivity index (χ0) is 24.7. The number of ether oxygens (including phenoxy) is 2. The van der Waals surface area contributed by atoms with Gasteiger partial charge in [-0.2, -0.15) is 0 Å². The molecule has 1 N–H and O–H groups in total. The fraction of sp³-hybridized carbons (Fsp3) is 0.143. The third-order valence-corrected chi connectivity index (χ3v) is 6.55. The van der Waals surface area contributed by atoms with Gasteiger partial charge in [0.2, 0.25) is 0 Å². The quantitative estimate of drug-likeness (QED) is 0.459. The third kappa shape index (κ3) is 4.00. The molecule has 0 radical (unpaired) electrons. The molecule has 176 valence electrons. The van der Waals surface area contributed by atoms with Crippen molar-refractivity contribution in [2.24, 2.45) is 0 Å². The molecule has 0 fully saturated rings. The second kappa shape index (κ2) is 9.04. The van der Waals surface area contributed by atoms with Gasteiger partial charge in [-0.1, -0.05) is 54.1 Å². The van der Waals surface area contributed by atoms with E-state index >= 15 is 0 Å². The first-order valence-corrected chi connectivity index (χ1v) is 11.4. The van der Waals surface area contributed by atoms with Gasteiger partial charge in [0.1, 0.15) is 18.2 Å². The maximum absolute atomic E-state index is 13.5. The number of carbonyl (C=O) groups excluding carboxylic acids is 2. The minimum absolute atomic E-state index is 0.144. The summed E-state index contributed by atoms with van der Waals surface area (Å²) < 4.78 is 24.1. The van der Waals surface area contributed by atoms with Crippen LogP contribution in [0.15, 0.2) is 83.6 Å². The topological polar surface area (TPSA) is 64.6 Å². The number of fused-ring (bicyclic) bond motifs is 2. The number of esters is 1. The standard InChI is InChI=1S/C28H21ClFNO4/c1-15-23(28(33)34-2)24(25-26(31-15)19-5-3-4-6-20(19)27(25)32)17-9-12-22(21(29)13-17)35-14-16-7-10-18(30)11-8-16/h3-13,24,31H,14H2,1-2H3/t24-/m1/s1. The van der Waals surface area contributed by atoms with Crippen molar-refractivity contribution in [2.75, 3.05) is 7.11 Å². The number of rotatable bonds is 5. The molecule has 0 amide bonds. The summed E-state index contributed by atoms with van der Waals surface area (Å²) in [5, 5.41) is 3.58. The molecular formula is C28H21ClFNO4. The molecule has 3 aromatic carbocycles. The van der Waals surface area contributed by atoms with E-state index in [2.05, 4.69) is 5.32 Å². The Balaban J connectivity index is 1.53. The Labute approximate surface area is 206 Å². The van der Waals surface area contributed by atoms with Gasteiger partial charge >= 0.3 is 5.97 Å². The third-order valence-electron chi connectivity index (χ3n) is 6.25. The molecule has 0 unspecified atom stereocenters. The largest absolute Gasteiger partial charge is 0.487 e. The lowest BCUT2D eigenvalue weighted by Gasteiger charge is -2.29. The fourth-order valence-electron chi connectivity index (χ4n) is 4.60. The molecule has 5 rings (SSSR count). The van der Waals surface area contributed by atoms with E-state index in [0.717, 1.165) is 11.1 Å². The van der Waals surface area contributed by atoms with Crippen LogP contribution in [0.4, 0.5) is 4.39 Å². The van der Waals surface area contributed by atoms with Crippen LogP contribution in [0.5, 0.6) is 5.75 Å². The smallest absolute Gasteiger partial charge is 0.336 e. The minimum atomic E-state index is -0.665. The highest BCUT2D eigenvalue weighted by Crippen LogP contribution is 2.47. The number of halogens is 2. The van der Waals surface area contributed by atoms with Crippen LogP contribution in [0.3, 0.4) is 0 Å². The van der Waals surface area contributed by atoms with Crippen molar-refractivity contribution in [3.8, 4) is 5.75 Å². The Morgan fingerprint density at radius 1 is 1.06 bits per heavy atom. The fourth-order valence-corrected chi connectivity index (χ4v) is 4.84. The van der Waals surface area contributed by atoms with E-state index in [-0.39, 0.29) is 18.2 Å². The monoisotopic (exact) mass is 489 g/mol. The summed E-state index contributed by atoms with van der Waals surface area (Å²) in [4.78, 5) is 26.3. The minimum Gasteiger partial charge on any atom is -0.487 e. The normalized spacial score (nSPS) is 16.6. The summed E-state index contributed by atoms with van der Waals surface area (Å²) in [6, 6.07) is 18.6. The molecule has 3 aromatic rings. The summed E-state index contributed by atoms with van der Waals surface area (Å²) >= 11 is 6.57. The zero-order valence-electron chi connectivity index (χ0n) is 19.0. The van der Waals surface area contributed by atoms with Gasteiger partial charge < -0.3 is 14.8 Å². The molecule has 0 saturated carbocycles. The molecule has 2 aliphatic rings. The van der Waals surface area contributed by atoms with Crippen molar-refractivity contribution in [3.63, 3.8) is 0 Å². The van der Waals surface area contributed by atoms with Crippen molar-refractivity contribution >= 4 is 29.1 Å². The van der Waals surface area contributed by atoms with Gasteiger partial charge in [0.25, 0.3) is 0 Å². The van der Waals surface area contributed by atoms with Gasteiger partial charge in [-0.3, -0.25) is 4.79 Å². The van der Waals surface area contributed by atoms with Gasteiger partial charge in [0.15, 0.2) is 5.78 Å². The molecule has 1 aliphatic carbocycles. The number of hydrogen-bond donors (Lipinski definition) is 1. The lowest BCUT2D eigenvalue weighted by Crippen LogP contribution is -2.29. The molecule has 0 aromatic heterocycles. The van der Waals surface area contributed by atoms with Crippen LogP contribution in [-0.2, 0) is 16.1 Å². The van der Waals surface area contributed by atoms with Crippen molar-refractivity contribution in [1.82, 2.24) is 5.32 Å². The van der Waals surface area contributed by atoms with E-state index in [1.807, 2.05) is 18.2 Å². The average molecular weight is 490 g/mol. The molecule has 1 aliphatic heterocycles. The van der Waals surface area contributed by atoms with Gasteiger partial charge in [0, 0.05) is 28.3 Å². The average Bonchev–Trinajstić information content (AvgIpc) is 3.14. The van der Waals surface area contributed by atoms with Crippen molar-refractivity contribution in [3.05, 3.63) is 117 Å². The summed E-state index contributed by atoms with van der Waals surface area (Å²) in [5.41, 5.74) is 4.97. The van der Waals surface area contributed by atoms with E-state index in [1.54, 1.807) is 43.3 Å². The van der Waals surface area contributed by atoms with E-state index < -0.39 is 11.9 Å². The van der Waals surface area contributed by atoms with Crippen molar-refractivity contribution in [2.45, 2.75) is 19.4 Å². The number of carbonyl (C=O) groups is 2. The second-order valence-corrected chi connectivity index (χ2v) is 8.76. The number of Topliss-reactive ketones (excluding diaryl/α,β-unsaturated/α-hetero) is 1. The van der Waals surface area contributed by atoms with E-state index in [1.165, 1.54) is 19.2 Å². The summed E-state index contributed by atoms with van der Waals surface area (Å²) in [6.45, 7) is 2.00. The lowest BCUT2D eigenvalue weighted by atomic mass is 9.80. The molecule has 5 nitrogen and oxygen atoms in total. The number of ketones is 1. The molecule has 0 saturated heterocycles. The Kier molecular flexibility index (Phi) is 5.91. The van der Waals surface area contributed by atoms with Gasteiger partial charge in [-0.15, -0.1) is 0 Å². The van der Waals surface area contributed by atoms with E-state index in [4.69, 9.17) is 21.1 Å². The van der Waals surface area contributed by atoms with Crippen LogP contribution in [0.25, 0.3) is 5.70 Å². The second-order valence-electron chi connectivity index (χ2n) is 8.36. The summed E-state index contributed by atoms with van der Waals surface area (Å²) in [5.74, 6) is -1.22. The highest BCUT2D eigenvalue weighted by atomic mass is 35.5. The molecule has 7 heteroatoms. The van der Waals surface area contributed by atoms with Gasteiger partial charge in [0.05, 0.1) is 23.4 Å². The first-order chi connectivity index (χ1) is 16.9. The Morgan fingerprint density at radius 2 is 1.77 bits per heavy atom. The highest BCUT2D eigenvalue weighted by molar-refractivity contribution is 6.32. The summed E-state index contributed by atoms with van der Waals surface area (Å²) in [6.07, 6.45) is 0. The first kappa shape index (κ1) is 22.9.